The largest absolute Gasteiger partial charge is 0.463 e. The standard InChI is InChI=1S/C21H14FN3O2S/c22-14-5-3-4-13(10-14)12-25-16-8-9-27-18(16)11-17(25)20(26)24-21-23-15-6-1-2-7-19(15)28-21/h1-11H,12H2,(H,23,24,26). The summed E-state index contributed by atoms with van der Waals surface area (Å²) in [4.78, 5) is 17.4. The first-order valence-electron chi connectivity index (χ1n) is 8.65. The van der Waals surface area contributed by atoms with Crippen LogP contribution in [0.1, 0.15) is 16.1 Å². The lowest BCUT2D eigenvalue weighted by molar-refractivity contribution is 0.101. The topological polar surface area (TPSA) is 60.1 Å². The van der Waals surface area contributed by atoms with E-state index >= 15 is 0 Å². The van der Waals surface area contributed by atoms with E-state index in [9.17, 15) is 9.18 Å². The van der Waals surface area contributed by atoms with E-state index in [1.807, 2.05) is 34.9 Å². The second-order valence-corrected chi connectivity index (χ2v) is 7.39. The summed E-state index contributed by atoms with van der Waals surface area (Å²) in [6.07, 6.45) is 1.57. The van der Waals surface area contributed by atoms with Crippen LogP contribution in [0.5, 0.6) is 0 Å². The van der Waals surface area contributed by atoms with E-state index < -0.39 is 0 Å². The van der Waals surface area contributed by atoms with Gasteiger partial charge in [0.1, 0.15) is 11.5 Å². The van der Waals surface area contributed by atoms with E-state index in [0.717, 1.165) is 21.3 Å². The van der Waals surface area contributed by atoms with Crippen molar-refractivity contribution >= 4 is 43.7 Å². The number of furan rings is 1. The molecule has 5 rings (SSSR count). The molecule has 2 aromatic carbocycles. The molecule has 0 aliphatic heterocycles. The van der Waals surface area contributed by atoms with Crippen molar-refractivity contribution in [3.63, 3.8) is 0 Å². The predicted molar refractivity (Wildman–Crippen MR) is 107 cm³/mol. The smallest absolute Gasteiger partial charge is 0.274 e. The van der Waals surface area contributed by atoms with Crippen molar-refractivity contribution in [2.24, 2.45) is 0 Å². The quantitative estimate of drug-likeness (QED) is 0.453. The number of thiazole rings is 1. The summed E-state index contributed by atoms with van der Waals surface area (Å²) in [5.41, 5.74) is 3.40. The number of para-hydroxylation sites is 1. The van der Waals surface area contributed by atoms with Crippen LogP contribution in [0.4, 0.5) is 9.52 Å². The summed E-state index contributed by atoms with van der Waals surface area (Å²) in [6, 6.07) is 17.5. The molecule has 0 aliphatic carbocycles. The summed E-state index contributed by atoms with van der Waals surface area (Å²) >= 11 is 1.42. The van der Waals surface area contributed by atoms with Gasteiger partial charge in [0.15, 0.2) is 10.7 Å². The molecule has 0 spiro atoms. The van der Waals surface area contributed by atoms with Crippen molar-refractivity contribution in [3.8, 4) is 0 Å². The van der Waals surface area contributed by atoms with Crippen molar-refractivity contribution in [3.05, 3.63) is 84.0 Å². The highest BCUT2D eigenvalue weighted by atomic mass is 32.1. The Labute approximate surface area is 163 Å². The lowest BCUT2D eigenvalue weighted by Crippen LogP contribution is -2.17. The maximum absolute atomic E-state index is 13.6. The fourth-order valence-electron chi connectivity index (χ4n) is 3.24. The molecule has 7 heteroatoms. The molecule has 0 saturated heterocycles. The van der Waals surface area contributed by atoms with Gasteiger partial charge in [-0.05, 0) is 29.8 Å². The van der Waals surface area contributed by atoms with Crippen LogP contribution in [0, 0.1) is 5.82 Å². The van der Waals surface area contributed by atoms with Crippen LogP contribution >= 0.6 is 11.3 Å². The van der Waals surface area contributed by atoms with Crippen LogP contribution < -0.4 is 5.32 Å². The van der Waals surface area contributed by atoms with E-state index in [1.165, 1.54) is 23.5 Å². The van der Waals surface area contributed by atoms with Gasteiger partial charge in [0.05, 0.1) is 22.0 Å². The number of benzene rings is 2. The maximum atomic E-state index is 13.6. The van der Waals surface area contributed by atoms with Gasteiger partial charge >= 0.3 is 0 Å². The Morgan fingerprint density at radius 2 is 2.04 bits per heavy atom. The van der Waals surface area contributed by atoms with Crippen LogP contribution in [0.25, 0.3) is 21.3 Å². The van der Waals surface area contributed by atoms with Gasteiger partial charge in [-0.2, -0.15) is 0 Å². The molecule has 5 aromatic rings. The molecule has 3 heterocycles. The fraction of sp³-hybridized carbons (Fsp3) is 0.0476. The van der Waals surface area contributed by atoms with Gasteiger partial charge in [-0.1, -0.05) is 35.6 Å². The third kappa shape index (κ3) is 2.95. The van der Waals surface area contributed by atoms with Crippen molar-refractivity contribution in [1.82, 2.24) is 9.55 Å². The molecular formula is C21H14FN3O2S. The Morgan fingerprint density at radius 1 is 1.14 bits per heavy atom. The molecule has 28 heavy (non-hydrogen) atoms. The number of aromatic nitrogens is 2. The van der Waals surface area contributed by atoms with Gasteiger partial charge in [0, 0.05) is 18.7 Å². The first kappa shape index (κ1) is 16.7. The molecule has 3 aromatic heterocycles. The Hall–Kier alpha value is -3.45. The van der Waals surface area contributed by atoms with Crippen molar-refractivity contribution in [2.45, 2.75) is 6.54 Å². The van der Waals surface area contributed by atoms with E-state index in [-0.39, 0.29) is 11.7 Å². The Balaban J connectivity index is 1.50. The predicted octanol–water partition coefficient (Wildman–Crippen LogP) is 5.28. The molecular weight excluding hydrogens is 377 g/mol. The zero-order valence-corrected chi connectivity index (χ0v) is 15.4. The monoisotopic (exact) mass is 391 g/mol. The van der Waals surface area contributed by atoms with Gasteiger partial charge in [-0.25, -0.2) is 9.37 Å². The molecule has 138 valence electrons. The number of nitrogens with one attached hydrogen (secondary N) is 1. The molecule has 0 fully saturated rings. The van der Waals surface area contributed by atoms with E-state index in [1.54, 1.807) is 24.5 Å². The van der Waals surface area contributed by atoms with Crippen molar-refractivity contribution in [2.75, 3.05) is 5.32 Å². The van der Waals surface area contributed by atoms with Gasteiger partial charge in [0.25, 0.3) is 5.91 Å². The number of nitrogens with zero attached hydrogens (tertiary/aromatic N) is 2. The number of carbonyl (C=O) groups excluding carboxylic acids is 1. The van der Waals surface area contributed by atoms with Gasteiger partial charge in [-0.15, -0.1) is 0 Å². The Kier molecular flexibility index (Phi) is 3.95. The molecule has 0 radical (unpaired) electrons. The number of hydrogen-bond donors (Lipinski definition) is 1. The molecule has 0 bridgehead atoms. The second kappa shape index (κ2) is 6.61. The molecule has 0 unspecified atom stereocenters. The summed E-state index contributed by atoms with van der Waals surface area (Å²) < 4.78 is 21.9. The minimum atomic E-state index is -0.312. The lowest BCUT2D eigenvalue weighted by atomic mass is 10.2. The maximum Gasteiger partial charge on any atom is 0.274 e. The van der Waals surface area contributed by atoms with Crippen LogP contribution in [-0.4, -0.2) is 15.5 Å². The average Bonchev–Trinajstić information content (AvgIpc) is 3.36. The van der Waals surface area contributed by atoms with Gasteiger partial charge < -0.3 is 8.98 Å². The van der Waals surface area contributed by atoms with E-state index in [4.69, 9.17) is 4.42 Å². The highest BCUT2D eigenvalue weighted by Crippen LogP contribution is 2.27. The van der Waals surface area contributed by atoms with Crippen molar-refractivity contribution < 1.29 is 13.6 Å². The average molecular weight is 391 g/mol. The number of halogens is 1. The minimum absolute atomic E-state index is 0.290. The van der Waals surface area contributed by atoms with E-state index in [0.29, 0.717) is 23.0 Å². The SMILES string of the molecule is O=C(Nc1nc2ccccc2s1)c1cc2occc2n1Cc1cccc(F)c1. The molecule has 1 amide bonds. The normalized spacial score (nSPS) is 11.3. The van der Waals surface area contributed by atoms with Gasteiger partial charge in [-0.3, -0.25) is 10.1 Å². The zero-order chi connectivity index (χ0) is 19.1. The Morgan fingerprint density at radius 3 is 2.89 bits per heavy atom. The second-order valence-electron chi connectivity index (χ2n) is 6.36. The first-order chi connectivity index (χ1) is 13.7. The van der Waals surface area contributed by atoms with Gasteiger partial charge in [0.2, 0.25) is 0 Å². The number of anilines is 1. The summed E-state index contributed by atoms with van der Waals surface area (Å²) in [7, 11) is 0. The number of hydrogen-bond acceptors (Lipinski definition) is 4. The van der Waals surface area contributed by atoms with E-state index in [2.05, 4.69) is 10.3 Å². The minimum Gasteiger partial charge on any atom is -0.463 e. The van der Waals surface area contributed by atoms with Crippen LogP contribution in [0.2, 0.25) is 0 Å². The molecule has 0 aliphatic rings. The molecule has 5 nitrogen and oxygen atoms in total. The highest BCUT2D eigenvalue weighted by Gasteiger charge is 2.19. The lowest BCUT2D eigenvalue weighted by Gasteiger charge is -2.10. The summed E-state index contributed by atoms with van der Waals surface area (Å²) in [6.45, 7) is 0.351. The van der Waals surface area contributed by atoms with Crippen LogP contribution in [0.3, 0.4) is 0 Å². The number of rotatable bonds is 4. The van der Waals surface area contributed by atoms with Crippen LogP contribution in [-0.2, 0) is 6.54 Å². The molecule has 1 N–H and O–H groups in total. The highest BCUT2D eigenvalue weighted by molar-refractivity contribution is 7.22. The first-order valence-corrected chi connectivity index (χ1v) is 9.47. The summed E-state index contributed by atoms with van der Waals surface area (Å²) in [5, 5.41) is 3.40. The molecule has 0 atom stereocenters. The number of fused-ring (bicyclic) bond motifs is 2. The third-order valence-electron chi connectivity index (χ3n) is 4.50. The summed E-state index contributed by atoms with van der Waals surface area (Å²) in [5.74, 6) is -0.601. The number of carbonyl (C=O) groups is 1. The van der Waals surface area contributed by atoms with Crippen molar-refractivity contribution in [1.29, 1.82) is 0 Å². The zero-order valence-electron chi connectivity index (χ0n) is 14.6. The number of amides is 1. The molecule has 0 saturated carbocycles. The Bertz CT molecular complexity index is 1280. The fourth-order valence-corrected chi connectivity index (χ4v) is 4.10. The third-order valence-corrected chi connectivity index (χ3v) is 5.45. The van der Waals surface area contributed by atoms with Crippen LogP contribution in [0.15, 0.2) is 71.3 Å².